The first kappa shape index (κ1) is 21.4. The number of nitrogens with one attached hydrogen (secondary N) is 1. The van der Waals surface area contributed by atoms with Gasteiger partial charge in [0.2, 0.25) is 11.8 Å². The van der Waals surface area contributed by atoms with Gasteiger partial charge in [-0.2, -0.15) is 0 Å². The molecule has 0 aromatic carbocycles. The zero-order valence-corrected chi connectivity index (χ0v) is 19.9. The van der Waals surface area contributed by atoms with E-state index in [9.17, 15) is 14.4 Å². The fourth-order valence-corrected chi connectivity index (χ4v) is 7.33. The lowest BCUT2D eigenvalue weighted by Crippen LogP contribution is -2.59. The predicted molar refractivity (Wildman–Crippen MR) is 127 cm³/mol. The van der Waals surface area contributed by atoms with Gasteiger partial charge in [-0.05, 0) is 65.7 Å². The molecule has 0 radical (unpaired) electrons. The van der Waals surface area contributed by atoms with E-state index in [-0.39, 0.29) is 23.1 Å². The Morgan fingerprint density at radius 1 is 1.15 bits per heavy atom. The third-order valence-corrected chi connectivity index (χ3v) is 8.74. The van der Waals surface area contributed by atoms with Crippen molar-refractivity contribution in [2.45, 2.75) is 40.2 Å². The average molecular weight is 462 g/mol. The van der Waals surface area contributed by atoms with Gasteiger partial charge in [0.15, 0.2) is 0 Å². The fourth-order valence-electron chi connectivity index (χ4n) is 7.33. The number of aromatic nitrogens is 2. The summed E-state index contributed by atoms with van der Waals surface area (Å²) < 4.78 is 2.03. The first-order chi connectivity index (χ1) is 16.1. The SMILES string of the molecule is CC(=O)N1C[C@@H]2C3[C@@H](C(=O)Nc4cc(-c5cc(C(N)=O)n6c5CC(C)(C)C6)ccn4)C[C@@H]2[C@H]3C1. The van der Waals surface area contributed by atoms with Crippen LogP contribution < -0.4 is 11.1 Å². The van der Waals surface area contributed by atoms with Crippen LogP contribution in [-0.4, -0.2) is 45.3 Å². The fraction of sp³-hybridized carbons (Fsp3) is 0.538. The van der Waals surface area contributed by atoms with Gasteiger partial charge in [0.1, 0.15) is 11.5 Å². The second-order valence-electron chi connectivity index (χ2n) is 11.4. The third kappa shape index (κ3) is 3.11. The lowest BCUT2D eigenvalue weighted by molar-refractivity contribution is -0.143. The number of amides is 3. The van der Waals surface area contributed by atoms with Crippen molar-refractivity contribution in [3.63, 3.8) is 0 Å². The summed E-state index contributed by atoms with van der Waals surface area (Å²) >= 11 is 0. The average Bonchev–Trinajstić information content (AvgIpc) is 3.51. The number of nitrogens with two attached hydrogens (primary N) is 1. The van der Waals surface area contributed by atoms with Gasteiger partial charge in [0.25, 0.3) is 5.91 Å². The number of carbonyl (C=O) groups excluding carboxylic acids is 3. The number of primary amides is 1. The highest BCUT2D eigenvalue weighted by atomic mass is 16.2. The smallest absolute Gasteiger partial charge is 0.265 e. The second kappa shape index (κ2) is 7.17. The number of rotatable bonds is 4. The van der Waals surface area contributed by atoms with E-state index in [1.54, 1.807) is 13.1 Å². The topological polar surface area (TPSA) is 110 Å². The molecular formula is C26H31N5O3. The molecule has 4 bridgehead atoms. The molecule has 3 amide bonds. The van der Waals surface area contributed by atoms with Gasteiger partial charge < -0.3 is 20.5 Å². The lowest BCUT2D eigenvalue weighted by atomic mass is 9.59. The van der Waals surface area contributed by atoms with E-state index in [4.69, 9.17) is 5.73 Å². The van der Waals surface area contributed by atoms with Gasteiger partial charge in [0.05, 0.1) is 0 Å². The van der Waals surface area contributed by atoms with Crippen molar-refractivity contribution in [1.82, 2.24) is 14.5 Å². The monoisotopic (exact) mass is 461 g/mol. The van der Waals surface area contributed by atoms with Gasteiger partial charge in [0, 0.05) is 49.9 Å². The molecule has 5 fully saturated rings. The molecule has 3 aliphatic heterocycles. The summed E-state index contributed by atoms with van der Waals surface area (Å²) in [6.45, 7) is 8.33. The Morgan fingerprint density at radius 3 is 2.56 bits per heavy atom. The van der Waals surface area contributed by atoms with Crippen LogP contribution >= 0.6 is 0 Å². The summed E-state index contributed by atoms with van der Waals surface area (Å²) in [5.74, 6) is 2.10. The summed E-state index contributed by atoms with van der Waals surface area (Å²) in [6, 6.07) is 5.67. The molecule has 2 aromatic rings. The summed E-state index contributed by atoms with van der Waals surface area (Å²) in [4.78, 5) is 43.4. The van der Waals surface area contributed by atoms with Crippen molar-refractivity contribution in [1.29, 1.82) is 0 Å². The number of carbonyl (C=O) groups is 3. The Bertz CT molecular complexity index is 1220. The Hall–Kier alpha value is -3.16. The quantitative estimate of drug-likeness (QED) is 0.729. The summed E-state index contributed by atoms with van der Waals surface area (Å²) in [7, 11) is 0. The number of hydrogen-bond acceptors (Lipinski definition) is 4. The molecule has 178 valence electrons. The number of hydrogen-bond donors (Lipinski definition) is 2. The highest BCUT2D eigenvalue weighted by Crippen LogP contribution is 2.63. The maximum Gasteiger partial charge on any atom is 0.265 e. The number of fused-ring (bicyclic) bond motifs is 4. The molecular weight excluding hydrogens is 430 g/mol. The predicted octanol–water partition coefficient (Wildman–Crippen LogP) is 2.53. The minimum Gasteiger partial charge on any atom is -0.364 e. The van der Waals surface area contributed by atoms with Crippen LogP contribution in [0, 0.1) is 35.0 Å². The molecule has 34 heavy (non-hydrogen) atoms. The molecule has 2 aromatic heterocycles. The summed E-state index contributed by atoms with van der Waals surface area (Å²) in [6.07, 6.45) is 3.46. The highest BCUT2D eigenvalue weighted by Gasteiger charge is 2.64. The molecule has 3 aliphatic carbocycles. The molecule has 8 nitrogen and oxygen atoms in total. The van der Waals surface area contributed by atoms with E-state index in [1.807, 2.05) is 27.7 Å². The molecule has 3 N–H and O–H groups in total. The van der Waals surface area contributed by atoms with Gasteiger partial charge in [-0.15, -0.1) is 0 Å². The van der Waals surface area contributed by atoms with Crippen LogP contribution in [0.5, 0.6) is 0 Å². The molecule has 5 heterocycles. The third-order valence-electron chi connectivity index (χ3n) is 8.74. The second-order valence-corrected chi connectivity index (χ2v) is 11.4. The maximum absolute atomic E-state index is 13.2. The lowest BCUT2D eigenvalue weighted by Gasteiger charge is -2.54. The Labute approximate surface area is 198 Å². The zero-order chi connectivity index (χ0) is 23.9. The Kier molecular flexibility index (Phi) is 4.51. The van der Waals surface area contributed by atoms with E-state index < -0.39 is 5.91 Å². The number of pyridine rings is 1. The highest BCUT2D eigenvalue weighted by molar-refractivity contribution is 5.95. The van der Waals surface area contributed by atoms with Gasteiger partial charge >= 0.3 is 0 Å². The van der Waals surface area contributed by atoms with Gasteiger partial charge in [-0.25, -0.2) is 4.98 Å². The van der Waals surface area contributed by atoms with Crippen molar-refractivity contribution < 1.29 is 14.4 Å². The number of piperidine rings is 2. The molecule has 0 spiro atoms. The Morgan fingerprint density at radius 2 is 1.88 bits per heavy atom. The zero-order valence-electron chi connectivity index (χ0n) is 19.9. The maximum atomic E-state index is 13.2. The number of nitrogens with zero attached hydrogens (tertiary/aromatic N) is 3. The van der Waals surface area contributed by atoms with Crippen LogP contribution in [0.25, 0.3) is 11.1 Å². The first-order valence-electron chi connectivity index (χ1n) is 12.2. The standard InChI is InChI=1S/C26H31N5O3/c1-13(32)30-10-18-16-7-17(23(18)19(16)11-30)25(34)29-22-6-14(4-5-28-22)15-8-20(24(27)33)31-12-26(2,3)9-21(15)31/h4-6,8,16-19,23H,7,9-12H2,1-3H3,(H2,27,33)(H,28,29,34)/t16-,17-,18-,19+,23?/m0/s1. The van der Waals surface area contributed by atoms with Crippen molar-refractivity contribution >= 4 is 23.5 Å². The minimum absolute atomic E-state index is 0.0134. The van der Waals surface area contributed by atoms with E-state index in [0.717, 1.165) is 49.3 Å². The molecule has 8 rings (SSSR count). The molecule has 1 unspecified atom stereocenters. The van der Waals surface area contributed by atoms with Crippen molar-refractivity contribution in [3.05, 3.63) is 35.8 Å². The van der Waals surface area contributed by atoms with Gasteiger partial charge in [-0.1, -0.05) is 13.8 Å². The van der Waals surface area contributed by atoms with Crippen LogP contribution in [0.3, 0.4) is 0 Å². The largest absolute Gasteiger partial charge is 0.364 e. The first-order valence-corrected chi connectivity index (χ1v) is 12.2. The Balaban J connectivity index is 1.21. The normalized spacial score (nSPS) is 30.0. The molecule has 6 aliphatic rings. The van der Waals surface area contributed by atoms with Crippen LogP contribution in [0.15, 0.2) is 24.4 Å². The number of anilines is 1. The van der Waals surface area contributed by atoms with E-state index in [0.29, 0.717) is 35.2 Å². The molecule has 5 atom stereocenters. The summed E-state index contributed by atoms with van der Waals surface area (Å²) in [5.41, 5.74) is 9.23. The molecule has 2 saturated heterocycles. The van der Waals surface area contributed by atoms with Crippen LogP contribution in [-0.2, 0) is 22.6 Å². The molecule has 8 heteroatoms. The van der Waals surface area contributed by atoms with Crippen molar-refractivity contribution in [3.8, 4) is 11.1 Å². The van der Waals surface area contributed by atoms with Crippen molar-refractivity contribution in [2.24, 2.45) is 40.7 Å². The van der Waals surface area contributed by atoms with Gasteiger partial charge in [-0.3, -0.25) is 14.4 Å². The van der Waals surface area contributed by atoms with Crippen LogP contribution in [0.4, 0.5) is 5.82 Å². The van der Waals surface area contributed by atoms with Crippen LogP contribution in [0.1, 0.15) is 43.4 Å². The summed E-state index contributed by atoms with van der Waals surface area (Å²) in [5, 5.41) is 3.06. The minimum atomic E-state index is -0.429. The van der Waals surface area contributed by atoms with E-state index >= 15 is 0 Å². The molecule has 3 saturated carbocycles. The van der Waals surface area contributed by atoms with Crippen LogP contribution in [0.2, 0.25) is 0 Å². The van der Waals surface area contributed by atoms with Crippen molar-refractivity contribution in [2.75, 3.05) is 18.4 Å². The van der Waals surface area contributed by atoms with E-state index in [1.165, 1.54) is 0 Å². The van der Waals surface area contributed by atoms with E-state index in [2.05, 4.69) is 24.1 Å².